The van der Waals surface area contributed by atoms with Crippen molar-refractivity contribution in [2.24, 2.45) is 5.73 Å². The van der Waals surface area contributed by atoms with Crippen LogP contribution < -0.4 is 5.73 Å². The molecule has 0 saturated heterocycles. The van der Waals surface area contributed by atoms with E-state index in [1.807, 2.05) is 38.2 Å². The van der Waals surface area contributed by atoms with Crippen molar-refractivity contribution in [1.29, 1.82) is 5.26 Å². The zero-order chi connectivity index (χ0) is 12.5. The summed E-state index contributed by atoms with van der Waals surface area (Å²) in [6, 6.07) is 8.19. The van der Waals surface area contributed by atoms with Gasteiger partial charge in [-0.3, -0.25) is 4.98 Å². The van der Waals surface area contributed by atoms with Crippen molar-refractivity contribution in [2.75, 3.05) is 0 Å². The van der Waals surface area contributed by atoms with Crippen LogP contribution in [0.1, 0.15) is 25.0 Å². The van der Waals surface area contributed by atoms with E-state index in [0.717, 1.165) is 21.9 Å². The number of nitrogens with zero attached hydrogens (tertiary/aromatic N) is 2. The Balaban J connectivity index is 0.000000514. The van der Waals surface area contributed by atoms with E-state index in [2.05, 4.69) is 11.1 Å². The number of aromatic nitrogens is 1. The first kappa shape index (κ1) is 11.6. The molecule has 3 heteroatoms. The highest BCUT2D eigenvalue weighted by molar-refractivity contribution is 5.91. The molecule has 3 rings (SSSR count). The van der Waals surface area contributed by atoms with Crippen molar-refractivity contribution in [1.82, 2.24) is 4.98 Å². The van der Waals surface area contributed by atoms with Crippen molar-refractivity contribution in [3.05, 3.63) is 41.7 Å². The van der Waals surface area contributed by atoms with Crippen molar-refractivity contribution in [3.8, 4) is 6.07 Å². The molecule has 1 unspecified atom stereocenters. The molecule has 0 saturated carbocycles. The molecule has 17 heavy (non-hydrogen) atoms. The number of benzene rings is 1. The molecule has 1 aliphatic carbocycles. The number of nitrogens with two attached hydrogens (primary N) is 1. The van der Waals surface area contributed by atoms with Gasteiger partial charge < -0.3 is 5.73 Å². The lowest BCUT2D eigenvalue weighted by Crippen LogP contribution is -2.34. The lowest BCUT2D eigenvalue weighted by Gasteiger charge is -2.14. The second-order valence-electron chi connectivity index (χ2n) is 3.96. The molecule has 0 aliphatic heterocycles. The molecule has 0 radical (unpaired) electrons. The lowest BCUT2D eigenvalue weighted by molar-refractivity contribution is 0.597. The second-order valence-corrected chi connectivity index (χ2v) is 3.96. The highest BCUT2D eigenvalue weighted by Gasteiger charge is 2.36. The summed E-state index contributed by atoms with van der Waals surface area (Å²) in [5.41, 5.74) is 7.18. The summed E-state index contributed by atoms with van der Waals surface area (Å²) in [7, 11) is 0. The smallest absolute Gasteiger partial charge is 0.135 e. The molecular formula is C14H15N3. The van der Waals surface area contributed by atoms with Gasteiger partial charge in [0.15, 0.2) is 0 Å². The topological polar surface area (TPSA) is 62.7 Å². The van der Waals surface area contributed by atoms with Crippen molar-refractivity contribution in [2.45, 2.75) is 25.8 Å². The molecule has 3 nitrogen and oxygen atoms in total. The van der Waals surface area contributed by atoms with Crippen LogP contribution in [0.3, 0.4) is 0 Å². The molecule has 2 aromatic rings. The van der Waals surface area contributed by atoms with E-state index < -0.39 is 5.54 Å². The van der Waals surface area contributed by atoms with Crippen LogP contribution in [0.4, 0.5) is 0 Å². The van der Waals surface area contributed by atoms with Crippen molar-refractivity contribution >= 4 is 10.8 Å². The van der Waals surface area contributed by atoms with Gasteiger partial charge in [-0.2, -0.15) is 5.26 Å². The molecule has 1 atom stereocenters. The van der Waals surface area contributed by atoms with Gasteiger partial charge >= 0.3 is 0 Å². The summed E-state index contributed by atoms with van der Waals surface area (Å²) in [5.74, 6) is 0. The molecule has 0 bridgehead atoms. The van der Waals surface area contributed by atoms with E-state index >= 15 is 0 Å². The summed E-state index contributed by atoms with van der Waals surface area (Å²) in [5, 5.41) is 11.3. The van der Waals surface area contributed by atoms with Gasteiger partial charge in [0.1, 0.15) is 5.54 Å². The molecular weight excluding hydrogens is 210 g/mol. The molecule has 0 amide bonds. The zero-order valence-electron chi connectivity index (χ0n) is 10.1. The second kappa shape index (κ2) is 4.15. The molecule has 0 fully saturated rings. The van der Waals surface area contributed by atoms with E-state index in [1.54, 1.807) is 6.20 Å². The third kappa shape index (κ3) is 1.58. The number of hydrogen-bond donors (Lipinski definition) is 1. The van der Waals surface area contributed by atoms with E-state index in [-0.39, 0.29) is 0 Å². The third-order valence-electron chi connectivity index (χ3n) is 3.02. The Morgan fingerprint density at radius 3 is 2.82 bits per heavy atom. The van der Waals surface area contributed by atoms with Crippen LogP contribution in [0.2, 0.25) is 0 Å². The van der Waals surface area contributed by atoms with Gasteiger partial charge in [0.25, 0.3) is 0 Å². The monoisotopic (exact) mass is 225 g/mol. The summed E-state index contributed by atoms with van der Waals surface area (Å²) in [6.45, 7) is 4.00. The molecule has 1 heterocycles. The molecule has 0 spiro atoms. The van der Waals surface area contributed by atoms with Crippen molar-refractivity contribution < 1.29 is 0 Å². The summed E-state index contributed by atoms with van der Waals surface area (Å²) < 4.78 is 0. The van der Waals surface area contributed by atoms with Crippen LogP contribution >= 0.6 is 0 Å². The van der Waals surface area contributed by atoms with Gasteiger partial charge in [-0.15, -0.1) is 0 Å². The Morgan fingerprint density at radius 1 is 1.35 bits per heavy atom. The van der Waals surface area contributed by atoms with Gasteiger partial charge in [0, 0.05) is 29.8 Å². The predicted molar refractivity (Wildman–Crippen MR) is 68.3 cm³/mol. The van der Waals surface area contributed by atoms with E-state index in [1.165, 1.54) is 0 Å². The number of rotatable bonds is 0. The lowest BCUT2D eigenvalue weighted by atomic mass is 9.95. The molecule has 1 aromatic carbocycles. The minimum atomic E-state index is -0.893. The average Bonchev–Trinajstić information content (AvgIpc) is 2.69. The fraction of sp³-hybridized carbons (Fsp3) is 0.286. The predicted octanol–water partition coefficient (Wildman–Crippen LogP) is 2.49. The standard InChI is InChI=1S/C12H9N3.C2H6/c13-7-12(14)4-8-2-1-3-9-5-15-6-10(12)11(8)9;1-2/h1-3,5-6H,4,14H2;1-2H3. The first-order valence-electron chi connectivity index (χ1n) is 5.81. The molecule has 1 aromatic heterocycles. The molecule has 1 aliphatic rings. The Hall–Kier alpha value is -1.92. The van der Waals surface area contributed by atoms with Crippen LogP contribution in [0, 0.1) is 11.3 Å². The molecule has 86 valence electrons. The van der Waals surface area contributed by atoms with Crippen LogP contribution in [-0.4, -0.2) is 4.98 Å². The van der Waals surface area contributed by atoms with Crippen LogP contribution in [0.25, 0.3) is 10.8 Å². The maximum Gasteiger partial charge on any atom is 0.135 e. The quantitative estimate of drug-likeness (QED) is 0.749. The Labute approximate surface area is 101 Å². The van der Waals surface area contributed by atoms with Gasteiger partial charge in [0.05, 0.1) is 6.07 Å². The minimum absolute atomic E-state index is 0.585. The van der Waals surface area contributed by atoms with Crippen LogP contribution in [-0.2, 0) is 12.0 Å². The van der Waals surface area contributed by atoms with Gasteiger partial charge in [-0.25, -0.2) is 0 Å². The SMILES string of the molecule is CC.N#CC1(N)Cc2cccc3cncc1c23. The van der Waals surface area contributed by atoms with Gasteiger partial charge in [-0.1, -0.05) is 32.0 Å². The fourth-order valence-electron chi connectivity index (χ4n) is 2.29. The Bertz CT molecular complexity index is 593. The number of hydrogen-bond acceptors (Lipinski definition) is 3. The normalized spacial score (nSPS) is 20.6. The maximum absolute atomic E-state index is 9.15. The van der Waals surface area contributed by atoms with Crippen molar-refractivity contribution in [3.63, 3.8) is 0 Å². The first-order chi connectivity index (χ1) is 8.24. The van der Waals surface area contributed by atoms with E-state index in [9.17, 15) is 0 Å². The summed E-state index contributed by atoms with van der Waals surface area (Å²) in [4.78, 5) is 4.13. The zero-order valence-corrected chi connectivity index (χ0v) is 10.1. The summed E-state index contributed by atoms with van der Waals surface area (Å²) >= 11 is 0. The van der Waals surface area contributed by atoms with Gasteiger partial charge in [-0.05, 0) is 10.9 Å². The number of pyridine rings is 1. The van der Waals surface area contributed by atoms with Crippen LogP contribution in [0.15, 0.2) is 30.6 Å². The highest BCUT2D eigenvalue weighted by Crippen LogP contribution is 2.38. The van der Waals surface area contributed by atoms with Crippen LogP contribution in [0.5, 0.6) is 0 Å². The fourth-order valence-corrected chi connectivity index (χ4v) is 2.29. The minimum Gasteiger partial charge on any atom is -0.309 e. The Morgan fingerprint density at radius 2 is 2.12 bits per heavy atom. The summed E-state index contributed by atoms with van der Waals surface area (Å²) in [6.07, 6.45) is 4.11. The third-order valence-corrected chi connectivity index (χ3v) is 3.02. The maximum atomic E-state index is 9.15. The highest BCUT2D eigenvalue weighted by atomic mass is 14.8. The Kier molecular flexibility index (Phi) is 2.83. The average molecular weight is 225 g/mol. The first-order valence-corrected chi connectivity index (χ1v) is 5.81. The van der Waals surface area contributed by atoms with Gasteiger partial charge in [0.2, 0.25) is 0 Å². The van der Waals surface area contributed by atoms with E-state index in [4.69, 9.17) is 11.0 Å². The number of nitriles is 1. The molecule has 2 N–H and O–H groups in total. The van der Waals surface area contributed by atoms with E-state index in [0.29, 0.717) is 6.42 Å². The largest absolute Gasteiger partial charge is 0.309 e.